The summed E-state index contributed by atoms with van der Waals surface area (Å²) in [6.45, 7) is 1.39. The largest absolute Gasteiger partial charge is 0.442 e. The number of nitrogens with one attached hydrogen (secondary N) is 1. The van der Waals surface area contributed by atoms with Crippen LogP contribution in [0.2, 0.25) is 0 Å². The summed E-state index contributed by atoms with van der Waals surface area (Å²) in [6, 6.07) is 1.99. The van der Waals surface area contributed by atoms with Crippen molar-refractivity contribution in [2.24, 2.45) is 3.77 Å². The van der Waals surface area contributed by atoms with Crippen LogP contribution in [0.15, 0.2) is 22.0 Å². The predicted molar refractivity (Wildman–Crippen MR) is 110 cm³/mol. The number of anilines is 1. The van der Waals surface area contributed by atoms with Gasteiger partial charge >= 0.3 is 6.09 Å². The molecule has 170 valence electrons. The number of hydrogen-bond acceptors (Lipinski definition) is 6. The monoisotopic (exact) mass is 477 g/mol. The number of ether oxygens (including phenoxy) is 1. The van der Waals surface area contributed by atoms with E-state index in [-0.39, 0.29) is 53.7 Å². The molecule has 2 heterocycles. The lowest BCUT2D eigenvalue weighted by atomic mass is 10.0. The summed E-state index contributed by atoms with van der Waals surface area (Å²) in [5, 5.41) is 2.51. The Balaban J connectivity index is 1.83. The van der Waals surface area contributed by atoms with Crippen molar-refractivity contribution in [3.05, 3.63) is 35.4 Å². The molecule has 3 rings (SSSR count). The van der Waals surface area contributed by atoms with Gasteiger partial charge in [0.25, 0.3) is 10.0 Å². The van der Waals surface area contributed by atoms with Gasteiger partial charge in [-0.15, -0.1) is 3.77 Å². The van der Waals surface area contributed by atoms with Gasteiger partial charge in [-0.2, -0.15) is 0 Å². The van der Waals surface area contributed by atoms with Gasteiger partial charge in [0.05, 0.1) is 40.5 Å². The first-order valence-electron chi connectivity index (χ1n) is 9.22. The number of benzene rings is 1. The van der Waals surface area contributed by atoms with Crippen LogP contribution in [0.25, 0.3) is 5.57 Å². The summed E-state index contributed by atoms with van der Waals surface area (Å²) >= 11 is 0. The number of sulfonamides is 1. The van der Waals surface area contributed by atoms with Gasteiger partial charge in [-0.3, -0.25) is 9.69 Å². The van der Waals surface area contributed by atoms with Crippen molar-refractivity contribution in [3.8, 4) is 0 Å². The van der Waals surface area contributed by atoms with Crippen LogP contribution < -0.4 is 10.2 Å². The maximum Gasteiger partial charge on any atom is 0.414 e. The highest BCUT2D eigenvalue weighted by molar-refractivity contribution is 8.03. The van der Waals surface area contributed by atoms with Gasteiger partial charge in [-0.25, -0.2) is 26.2 Å². The molecule has 0 spiro atoms. The van der Waals surface area contributed by atoms with E-state index in [0.717, 1.165) is 23.3 Å². The second-order valence-electron chi connectivity index (χ2n) is 7.27. The van der Waals surface area contributed by atoms with Crippen molar-refractivity contribution < 1.29 is 35.7 Å². The Hall–Kier alpha value is -2.54. The molecular weight excluding hydrogens is 456 g/mol. The third-order valence-electron chi connectivity index (χ3n) is 4.66. The van der Waals surface area contributed by atoms with E-state index in [2.05, 4.69) is 9.08 Å². The summed E-state index contributed by atoms with van der Waals surface area (Å²) in [6.07, 6.45) is 0.696. The molecule has 31 heavy (non-hydrogen) atoms. The molecule has 1 N–H and O–H groups in total. The van der Waals surface area contributed by atoms with E-state index < -0.39 is 43.6 Å². The molecule has 0 radical (unpaired) electrons. The van der Waals surface area contributed by atoms with Gasteiger partial charge in [-0.05, 0) is 24.1 Å². The average molecular weight is 478 g/mol. The molecule has 9 nitrogen and oxygen atoms in total. The Morgan fingerprint density at radius 1 is 1.35 bits per heavy atom. The number of carbonyl (C=O) groups excluding carboxylic acids is 2. The lowest BCUT2D eigenvalue weighted by molar-refractivity contribution is -0.119. The lowest BCUT2D eigenvalue weighted by Crippen LogP contribution is -2.33. The first kappa shape index (κ1) is 23.1. The van der Waals surface area contributed by atoms with Crippen molar-refractivity contribution in [2.75, 3.05) is 35.8 Å². The summed E-state index contributed by atoms with van der Waals surface area (Å²) in [4.78, 5) is 24.1. The third kappa shape index (κ3) is 5.58. The van der Waals surface area contributed by atoms with Gasteiger partial charge in [0.2, 0.25) is 5.91 Å². The van der Waals surface area contributed by atoms with Crippen LogP contribution in [0.5, 0.6) is 0 Å². The highest BCUT2D eigenvalue weighted by Gasteiger charge is 2.33. The number of nitrogens with zero attached hydrogens (tertiary/aromatic N) is 2. The summed E-state index contributed by atoms with van der Waals surface area (Å²) < 4.78 is 73.1. The van der Waals surface area contributed by atoms with E-state index in [4.69, 9.17) is 4.74 Å². The van der Waals surface area contributed by atoms with Gasteiger partial charge in [-0.1, -0.05) is 6.08 Å². The van der Waals surface area contributed by atoms with E-state index in [1.165, 1.54) is 13.0 Å². The van der Waals surface area contributed by atoms with E-state index in [1.807, 2.05) is 0 Å². The summed E-state index contributed by atoms with van der Waals surface area (Å²) in [7, 11) is -6.86. The minimum atomic E-state index is -3.81. The maximum atomic E-state index is 14.8. The van der Waals surface area contributed by atoms with Crippen LogP contribution in [0, 0.1) is 11.6 Å². The average Bonchev–Trinajstić information content (AvgIpc) is 3.00. The van der Waals surface area contributed by atoms with Gasteiger partial charge < -0.3 is 10.1 Å². The molecule has 0 aliphatic carbocycles. The van der Waals surface area contributed by atoms with Crippen molar-refractivity contribution in [1.82, 2.24) is 5.32 Å². The fraction of sp³-hybridized carbons (Fsp3) is 0.444. The fourth-order valence-electron chi connectivity index (χ4n) is 3.35. The minimum Gasteiger partial charge on any atom is -0.442 e. The van der Waals surface area contributed by atoms with Crippen molar-refractivity contribution in [3.63, 3.8) is 0 Å². The van der Waals surface area contributed by atoms with Crippen LogP contribution in [-0.2, 0) is 29.3 Å². The number of carbonyl (C=O) groups is 2. The number of rotatable bonds is 5. The topological polar surface area (TPSA) is 122 Å². The van der Waals surface area contributed by atoms with E-state index in [0.29, 0.717) is 0 Å². The predicted octanol–water partition coefficient (Wildman–Crippen LogP) is 1.64. The van der Waals surface area contributed by atoms with Crippen LogP contribution in [0.3, 0.4) is 0 Å². The maximum absolute atomic E-state index is 14.8. The summed E-state index contributed by atoms with van der Waals surface area (Å²) in [5.74, 6) is -2.53. The van der Waals surface area contributed by atoms with Crippen LogP contribution in [0.4, 0.5) is 19.3 Å². The Labute approximate surface area is 178 Å². The van der Waals surface area contributed by atoms with Gasteiger partial charge in [0, 0.05) is 18.2 Å². The normalized spacial score (nSPS) is 23.9. The first-order valence-corrected chi connectivity index (χ1v) is 12.9. The molecule has 1 saturated heterocycles. The van der Waals surface area contributed by atoms with Crippen molar-refractivity contribution in [1.29, 1.82) is 0 Å². The van der Waals surface area contributed by atoms with Crippen LogP contribution in [-0.4, -0.2) is 61.6 Å². The molecule has 1 unspecified atom stereocenters. The number of cyclic esters (lactones) is 1. The quantitative estimate of drug-likeness (QED) is 0.688. The Kier molecular flexibility index (Phi) is 6.37. The Morgan fingerprint density at radius 2 is 2.00 bits per heavy atom. The van der Waals surface area contributed by atoms with E-state index >= 15 is 0 Å². The second-order valence-corrected chi connectivity index (χ2v) is 11.6. The summed E-state index contributed by atoms with van der Waals surface area (Å²) in [5.41, 5.74) is -0.120. The first-order chi connectivity index (χ1) is 14.4. The highest BCUT2D eigenvalue weighted by atomic mass is 32.3. The van der Waals surface area contributed by atoms with Gasteiger partial charge in [0.1, 0.15) is 17.7 Å². The molecule has 0 bridgehead atoms. The van der Waals surface area contributed by atoms with Crippen molar-refractivity contribution in [2.45, 2.75) is 19.4 Å². The highest BCUT2D eigenvalue weighted by Crippen LogP contribution is 2.33. The molecule has 1 aromatic rings. The number of hydrogen-bond donors (Lipinski definition) is 1. The zero-order valence-corrected chi connectivity index (χ0v) is 18.4. The zero-order chi connectivity index (χ0) is 23.0. The standard InChI is InChI=1S/C18H21F2N3O6S2/c1-11(24)21-9-14-10-23(18(25)29-14)13-7-15(19)17(16(20)8-13)12-3-5-31(28,6-4-12)22-30(2,26)27/h3,7-8,14H,4-6,9-10H2,1-2H3,(H,21,24)/t14-,31?/m0/s1. The third-order valence-corrected chi connectivity index (χ3v) is 8.36. The molecule has 0 aromatic heterocycles. The molecule has 13 heteroatoms. The van der Waals surface area contributed by atoms with E-state index in [1.54, 1.807) is 0 Å². The molecular formula is C18H21F2N3O6S2. The molecule has 2 aliphatic rings. The SMILES string of the molecule is CC(=O)NC[C@H]1CN(c2cc(F)c(C3=CCS(=O)(=NS(C)(=O)=O)CC3)c(F)c2)C(=O)O1. The Bertz CT molecular complexity index is 1170. The minimum absolute atomic E-state index is 0.00902. The zero-order valence-electron chi connectivity index (χ0n) is 16.8. The second kappa shape index (κ2) is 8.54. The molecule has 1 fully saturated rings. The van der Waals surface area contributed by atoms with Crippen LogP contribution >= 0.6 is 0 Å². The molecule has 0 saturated carbocycles. The van der Waals surface area contributed by atoms with Gasteiger partial charge in [0.15, 0.2) is 0 Å². The van der Waals surface area contributed by atoms with E-state index in [9.17, 15) is 31.0 Å². The number of allylic oxidation sites excluding steroid dienone is 1. The fourth-order valence-corrected chi connectivity index (χ4v) is 7.03. The molecule has 2 aliphatic heterocycles. The molecule has 2 amide bonds. The molecule has 2 atom stereocenters. The molecule has 1 aromatic carbocycles. The Morgan fingerprint density at radius 3 is 2.52 bits per heavy atom. The number of amides is 2. The van der Waals surface area contributed by atoms with Crippen molar-refractivity contribution >= 4 is 43.0 Å². The number of halogens is 2. The van der Waals surface area contributed by atoms with Crippen LogP contribution in [0.1, 0.15) is 18.9 Å². The lowest BCUT2D eigenvalue weighted by Gasteiger charge is -2.19. The smallest absolute Gasteiger partial charge is 0.414 e.